The van der Waals surface area contributed by atoms with Crippen molar-refractivity contribution in [1.82, 2.24) is 0 Å². The molecule has 0 spiro atoms. The molecule has 1 aromatic rings. The number of thioether (sulfide) groups is 2. The van der Waals surface area contributed by atoms with Crippen LogP contribution in [0.5, 0.6) is 0 Å². The molecule has 0 heterocycles. The lowest BCUT2D eigenvalue weighted by atomic mass is 10.3. The predicted molar refractivity (Wildman–Crippen MR) is 69.2 cm³/mol. The average molecular weight is 245 g/mol. The highest BCUT2D eigenvalue weighted by molar-refractivity contribution is 8.00. The summed E-state index contributed by atoms with van der Waals surface area (Å²) in [6, 6.07) is 5.00. The Morgan fingerprint density at radius 1 is 1.33 bits per heavy atom. The molecule has 1 aromatic carbocycles. The summed E-state index contributed by atoms with van der Waals surface area (Å²) >= 11 is 3.63. The molecule has 0 aliphatic heterocycles. The molecule has 4 heteroatoms. The first kappa shape index (κ1) is 12.7. The predicted octanol–water partition coefficient (Wildman–Crippen LogP) is 3.64. The van der Waals surface area contributed by atoms with Crippen molar-refractivity contribution in [2.24, 2.45) is 0 Å². The van der Waals surface area contributed by atoms with E-state index in [9.17, 15) is 4.39 Å². The van der Waals surface area contributed by atoms with Gasteiger partial charge in [-0.3, -0.25) is 0 Å². The van der Waals surface area contributed by atoms with Crippen LogP contribution in [0, 0.1) is 5.82 Å². The fourth-order valence-electron chi connectivity index (χ4n) is 1.09. The molecule has 0 atom stereocenters. The zero-order valence-corrected chi connectivity index (χ0v) is 10.5. The number of benzene rings is 1. The van der Waals surface area contributed by atoms with E-state index in [1.807, 2.05) is 17.8 Å². The third-order valence-electron chi connectivity index (χ3n) is 1.88. The van der Waals surface area contributed by atoms with Crippen LogP contribution in [0.2, 0.25) is 0 Å². The lowest BCUT2D eigenvalue weighted by Gasteiger charge is -2.03. The average Bonchev–Trinajstić information content (AvgIpc) is 2.23. The minimum absolute atomic E-state index is 0.223. The Hall–Kier alpha value is -0.350. The largest absolute Gasteiger partial charge is 0.396 e. The van der Waals surface area contributed by atoms with E-state index >= 15 is 0 Å². The van der Waals surface area contributed by atoms with Crippen molar-refractivity contribution in [2.45, 2.75) is 18.2 Å². The van der Waals surface area contributed by atoms with E-state index < -0.39 is 0 Å². The highest BCUT2D eigenvalue weighted by atomic mass is 32.2. The van der Waals surface area contributed by atoms with Crippen LogP contribution in [0.4, 0.5) is 10.1 Å². The van der Waals surface area contributed by atoms with Gasteiger partial charge in [-0.15, -0.1) is 11.8 Å². The van der Waals surface area contributed by atoms with Gasteiger partial charge < -0.3 is 5.73 Å². The molecule has 0 aromatic heterocycles. The van der Waals surface area contributed by atoms with Crippen LogP contribution in [0.1, 0.15) is 13.3 Å². The summed E-state index contributed by atoms with van der Waals surface area (Å²) in [5.41, 5.74) is 5.62. The van der Waals surface area contributed by atoms with E-state index in [4.69, 9.17) is 5.73 Å². The number of nitrogens with two attached hydrogens (primary N) is 1. The zero-order valence-electron chi connectivity index (χ0n) is 8.83. The molecule has 15 heavy (non-hydrogen) atoms. The van der Waals surface area contributed by atoms with Crippen molar-refractivity contribution in [3.8, 4) is 0 Å². The van der Waals surface area contributed by atoms with E-state index in [-0.39, 0.29) is 11.5 Å². The first-order valence-electron chi connectivity index (χ1n) is 4.99. The smallest absolute Gasteiger partial charge is 0.147 e. The summed E-state index contributed by atoms with van der Waals surface area (Å²) in [6.45, 7) is 2.16. The van der Waals surface area contributed by atoms with Gasteiger partial charge in [0.1, 0.15) is 5.82 Å². The van der Waals surface area contributed by atoms with Crippen molar-refractivity contribution < 1.29 is 4.39 Å². The third kappa shape index (κ3) is 4.80. The van der Waals surface area contributed by atoms with E-state index in [2.05, 4.69) is 6.92 Å². The van der Waals surface area contributed by atoms with Crippen LogP contribution in [0.3, 0.4) is 0 Å². The number of rotatable bonds is 6. The molecule has 0 unspecified atom stereocenters. The number of nitrogen functional groups attached to an aromatic ring is 1. The van der Waals surface area contributed by atoms with Gasteiger partial charge in [0.05, 0.1) is 5.69 Å². The van der Waals surface area contributed by atoms with Gasteiger partial charge in [0.2, 0.25) is 0 Å². The molecule has 0 fully saturated rings. The molecule has 0 bridgehead atoms. The Balaban J connectivity index is 2.28. The fraction of sp³-hybridized carbons (Fsp3) is 0.455. The van der Waals surface area contributed by atoms with Gasteiger partial charge in [-0.2, -0.15) is 11.8 Å². The molecule has 0 amide bonds. The minimum Gasteiger partial charge on any atom is -0.396 e. The first-order chi connectivity index (χ1) is 7.24. The summed E-state index contributed by atoms with van der Waals surface area (Å²) < 4.78 is 13.1. The van der Waals surface area contributed by atoms with Crippen molar-refractivity contribution in [1.29, 1.82) is 0 Å². The SMILES string of the molecule is CCSCCCSc1ccc(N)c(F)c1. The Morgan fingerprint density at radius 3 is 2.80 bits per heavy atom. The van der Waals surface area contributed by atoms with E-state index in [0.29, 0.717) is 0 Å². The van der Waals surface area contributed by atoms with Crippen molar-refractivity contribution in [2.75, 3.05) is 23.0 Å². The Morgan fingerprint density at radius 2 is 2.13 bits per heavy atom. The van der Waals surface area contributed by atoms with E-state index in [0.717, 1.165) is 17.1 Å². The van der Waals surface area contributed by atoms with Crippen molar-refractivity contribution >= 4 is 29.2 Å². The van der Waals surface area contributed by atoms with Gasteiger partial charge in [-0.05, 0) is 41.9 Å². The van der Waals surface area contributed by atoms with Gasteiger partial charge in [-0.25, -0.2) is 4.39 Å². The molecule has 1 nitrogen and oxygen atoms in total. The molecule has 1 rings (SSSR count). The summed E-state index contributed by atoms with van der Waals surface area (Å²) in [5, 5.41) is 0. The monoisotopic (exact) mass is 245 g/mol. The number of halogens is 1. The third-order valence-corrected chi connectivity index (χ3v) is 3.94. The van der Waals surface area contributed by atoms with E-state index in [1.165, 1.54) is 17.6 Å². The summed E-state index contributed by atoms with van der Waals surface area (Å²) in [7, 11) is 0. The molecule has 0 aliphatic rings. The maximum Gasteiger partial charge on any atom is 0.147 e. The zero-order chi connectivity index (χ0) is 11.1. The number of hydrogen-bond acceptors (Lipinski definition) is 3. The number of hydrogen-bond donors (Lipinski definition) is 1. The Kier molecular flexibility index (Phi) is 5.95. The molecular weight excluding hydrogens is 229 g/mol. The summed E-state index contributed by atoms with van der Waals surface area (Å²) in [4.78, 5) is 0.961. The lowest BCUT2D eigenvalue weighted by molar-refractivity contribution is 0.629. The van der Waals surface area contributed by atoms with E-state index in [1.54, 1.807) is 17.8 Å². The second-order valence-corrected chi connectivity index (χ2v) is 5.64. The lowest BCUT2D eigenvalue weighted by Crippen LogP contribution is -1.90. The van der Waals surface area contributed by atoms with Gasteiger partial charge in [0.15, 0.2) is 0 Å². The Bertz CT molecular complexity index is 305. The second-order valence-electron chi connectivity index (χ2n) is 3.08. The van der Waals surface area contributed by atoms with Crippen molar-refractivity contribution in [3.63, 3.8) is 0 Å². The van der Waals surface area contributed by atoms with Crippen LogP contribution in [0.15, 0.2) is 23.1 Å². The number of anilines is 1. The summed E-state index contributed by atoms with van der Waals surface area (Å²) in [6.07, 6.45) is 1.16. The molecular formula is C11H16FNS2. The summed E-state index contributed by atoms with van der Waals surface area (Å²) in [5.74, 6) is 3.07. The normalized spacial score (nSPS) is 10.5. The molecule has 0 radical (unpaired) electrons. The molecule has 0 saturated carbocycles. The van der Waals surface area contributed by atoms with Gasteiger partial charge in [0, 0.05) is 4.90 Å². The standard InChI is InChI=1S/C11H16FNS2/c1-2-14-6-3-7-15-9-4-5-11(13)10(12)8-9/h4-5,8H,2-3,6-7,13H2,1H3. The van der Waals surface area contributed by atoms with Crippen LogP contribution in [0.25, 0.3) is 0 Å². The topological polar surface area (TPSA) is 26.0 Å². The molecule has 0 aliphatic carbocycles. The van der Waals surface area contributed by atoms with Crippen LogP contribution in [-0.4, -0.2) is 17.3 Å². The maximum absolute atomic E-state index is 13.1. The molecule has 0 saturated heterocycles. The van der Waals surface area contributed by atoms with Gasteiger partial charge >= 0.3 is 0 Å². The fourth-order valence-corrected chi connectivity index (χ4v) is 2.79. The second kappa shape index (κ2) is 7.01. The highest BCUT2D eigenvalue weighted by Gasteiger charge is 2.00. The first-order valence-corrected chi connectivity index (χ1v) is 7.13. The van der Waals surface area contributed by atoms with Crippen LogP contribution >= 0.6 is 23.5 Å². The van der Waals surface area contributed by atoms with Crippen LogP contribution < -0.4 is 5.73 Å². The maximum atomic E-state index is 13.1. The van der Waals surface area contributed by atoms with Gasteiger partial charge in [0.25, 0.3) is 0 Å². The Labute approximate surface area is 99.0 Å². The van der Waals surface area contributed by atoms with Gasteiger partial charge in [-0.1, -0.05) is 6.92 Å². The quantitative estimate of drug-likeness (QED) is 0.471. The molecule has 2 N–H and O–H groups in total. The van der Waals surface area contributed by atoms with Crippen LogP contribution in [-0.2, 0) is 0 Å². The highest BCUT2D eigenvalue weighted by Crippen LogP contribution is 2.22. The molecule has 84 valence electrons. The van der Waals surface area contributed by atoms with Crippen molar-refractivity contribution in [3.05, 3.63) is 24.0 Å². The minimum atomic E-state index is -0.317.